The van der Waals surface area contributed by atoms with Crippen LogP contribution in [0.5, 0.6) is 0 Å². The maximum Gasteiger partial charge on any atom is 0.446 e. The predicted molar refractivity (Wildman–Crippen MR) is 102 cm³/mol. The molecule has 0 saturated carbocycles. The number of hydrogen-bond acceptors (Lipinski definition) is 4. The minimum absolute atomic E-state index is 0.116. The summed E-state index contributed by atoms with van der Waals surface area (Å²) in [5.41, 5.74) is -2.53. The van der Waals surface area contributed by atoms with Crippen LogP contribution in [0.4, 0.5) is 13.2 Å². The zero-order chi connectivity index (χ0) is 20.7. The fourth-order valence-corrected chi connectivity index (χ4v) is 3.35. The van der Waals surface area contributed by atoms with Gasteiger partial charge in [-0.1, -0.05) is 42.5 Å². The summed E-state index contributed by atoms with van der Waals surface area (Å²) in [5.74, 6) is -0.888. The highest BCUT2D eigenvalue weighted by atomic mass is 32.2. The molecule has 1 amide bonds. The minimum atomic E-state index is -4.37. The van der Waals surface area contributed by atoms with Crippen LogP contribution in [0, 0.1) is 0 Å². The summed E-state index contributed by atoms with van der Waals surface area (Å²) in [6, 6.07) is 12.3. The van der Waals surface area contributed by atoms with Crippen LogP contribution in [0.2, 0.25) is 0 Å². The molecule has 0 radical (unpaired) electrons. The second kappa shape index (κ2) is 9.64. The highest BCUT2D eigenvalue weighted by Crippen LogP contribution is 2.41. The number of halogens is 3. The zero-order valence-corrected chi connectivity index (χ0v) is 16.2. The van der Waals surface area contributed by atoms with Crippen molar-refractivity contribution in [3.8, 4) is 11.1 Å². The fourth-order valence-electron chi connectivity index (χ4n) is 2.66. The summed E-state index contributed by atoms with van der Waals surface area (Å²) < 4.78 is 43.3. The van der Waals surface area contributed by atoms with Gasteiger partial charge >= 0.3 is 11.5 Å². The molecule has 1 atom stereocenters. The van der Waals surface area contributed by atoms with E-state index >= 15 is 0 Å². The fraction of sp³-hybridized carbons (Fsp3) is 0.300. The lowest BCUT2D eigenvalue weighted by atomic mass is 10.0. The van der Waals surface area contributed by atoms with Gasteiger partial charge in [-0.05, 0) is 41.4 Å². The topological polar surface area (TPSA) is 55.4 Å². The van der Waals surface area contributed by atoms with Crippen molar-refractivity contribution in [3.05, 3.63) is 54.1 Å². The van der Waals surface area contributed by atoms with E-state index in [2.05, 4.69) is 5.32 Å². The summed E-state index contributed by atoms with van der Waals surface area (Å²) in [6.45, 7) is 3.18. The van der Waals surface area contributed by atoms with Crippen LogP contribution in [0.25, 0.3) is 11.1 Å². The van der Waals surface area contributed by atoms with Crippen molar-refractivity contribution in [2.75, 3.05) is 6.61 Å². The van der Waals surface area contributed by atoms with Crippen molar-refractivity contribution in [2.24, 2.45) is 0 Å². The molecule has 2 aromatic carbocycles. The quantitative estimate of drug-likeness (QED) is 0.535. The SMILES string of the molecule is CCOC(=O)C(Cc1ccc(-c2ccccc2SC(F)(F)F)cc1)NC(C)=O. The number of carbonyl (C=O) groups is 2. The Morgan fingerprint density at radius 2 is 1.75 bits per heavy atom. The number of alkyl halides is 3. The van der Waals surface area contributed by atoms with Gasteiger partial charge in [0.15, 0.2) is 0 Å². The van der Waals surface area contributed by atoms with Crippen molar-refractivity contribution in [3.63, 3.8) is 0 Å². The van der Waals surface area contributed by atoms with E-state index in [0.717, 1.165) is 5.56 Å². The first-order valence-electron chi connectivity index (χ1n) is 8.57. The Morgan fingerprint density at radius 3 is 2.32 bits per heavy atom. The third-order valence-electron chi connectivity index (χ3n) is 3.77. The second-order valence-electron chi connectivity index (χ2n) is 5.95. The molecule has 0 aliphatic rings. The summed E-state index contributed by atoms with van der Waals surface area (Å²) in [5, 5.41) is 2.55. The van der Waals surface area contributed by atoms with Gasteiger partial charge in [0.05, 0.1) is 6.61 Å². The Balaban J connectivity index is 2.21. The van der Waals surface area contributed by atoms with E-state index < -0.39 is 17.5 Å². The molecule has 0 aliphatic heterocycles. The first-order valence-corrected chi connectivity index (χ1v) is 9.39. The maximum absolute atomic E-state index is 12.8. The van der Waals surface area contributed by atoms with Gasteiger partial charge in [-0.15, -0.1) is 0 Å². The monoisotopic (exact) mass is 411 g/mol. The van der Waals surface area contributed by atoms with Crippen LogP contribution >= 0.6 is 11.8 Å². The molecule has 0 aliphatic carbocycles. The summed E-state index contributed by atoms with van der Waals surface area (Å²) >= 11 is -0.155. The van der Waals surface area contributed by atoms with Gasteiger partial charge in [0.25, 0.3) is 0 Å². The molecule has 0 bridgehead atoms. The van der Waals surface area contributed by atoms with Crippen molar-refractivity contribution in [1.29, 1.82) is 0 Å². The summed E-state index contributed by atoms with van der Waals surface area (Å²) in [7, 11) is 0. The van der Waals surface area contributed by atoms with Gasteiger partial charge in [0.1, 0.15) is 6.04 Å². The molecule has 150 valence electrons. The lowest BCUT2D eigenvalue weighted by Gasteiger charge is -2.17. The van der Waals surface area contributed by atoms with E-state index in [9.17, 15) is 22.8 Å². The molecule has 8 heteroatoms. The molecule has 2 rings (SSSR count). The molecule has 2 aromatic rings. The predicted octanol–water partition coefficient (Wildman–Crippen LogP) is 4.58. The number of rotatable bonds is 7. The average molecular weight is 411 g/mol. The number of ether oxygens (including phenoxy) is 1. The molecule has 0 aromatic heterocycles. The summed E-state index contributed by atoms with van der Waals surface area (Å²) in [6.07, 6.45) is 0.220. The van der Waals surface area contributed by atoms with Gasteiger partial charge in [0.2, 0.25) is 5.91 Å². The Bertz CT molecular complexity index is 822. The molecule has 0 spiro atoms. The molecular weight excluding hydrogens is 391 g/mol. The zero-order valence-electron chi connectivity index (χ0n) is 15.4. The number of carbonyl (C=O) groups excluding carboxylic acids is 2. The van der Waals surface area contributed by atoms with E-state index in [-0.39, 0.29) is 35.6 Å². The molecule has 0 saturated heterocycles. The number of amides is 1. The highest BCUT2D eigenvalue weighted by molar-refractivity contribution is 8.00. The molecule has 4 nitrogen and oxygen atoms in total. The molecule has 28 heavy (non-hydrogen) atoms. The molecule has 0 heterocycles. The smallest absolute Gasteiger partial charge is 0.446 e. The average Bonchev–Trinajstić information content (AvgIpc) is 2.61. The Labute approximate surface area is 165 Å². The molecule has 1 unspecified atom stereocenters. The normalized spacial score (nSPS) is 12.3. The van der Waals surface area contributed by atoms with Crippen molar-refractivity contribution in [1.82, 2.24) is 5.32 Å². The van der Waals surface area contributed by atoms with E-state index in [0.29, 0.717) is 11.1 Å². The highest BCUT2D eigenvalue weighted by Gasteiger charge is 2.30. The van der Waals surface area contributed by atoms with Gasteiger partial charge in [0, 0.05) is 18.2 Å². The van der Waals surface area contributed by atoms with Crippen molar-refractivity contribution in [2.45, 2.75) is 36.7 Å². The molecule has 0 fully saturated rings. The van der Waals surface area contributed by atoms with Crippen molar-refractivity contribution < 1.29 is 27.5 Å². The maximum atomic E-state index is 12.8. The van der Waals surface area contributed by atoms with Crippen LogP contribution in [0.15, 0.2) is 53.4 Å². The van der Waals surface area contributed by atoms with Gasteiger partial charge in [-0.25, -0.2) is 4.79 Å². The third-order valence-corrected chi connectivity index (χ3v) is 4.57. The van der Waals surface area contributed by atoms with Crippen LogP contribution in [0.3, 0.4) is 0 Å². The lowest BCUT2D eigenvalue weighted by Crippen LogP contribution is -2.42. The number of thioether (sulfide) groups is 1. The van der Waals surface area contributed by atoms with E-state index in [1.807, 2.05) is 0 Å². The lowest BCUT2D eigenvalue weighted by molar-refractivity contribution is -0.147. The van der Waals surface area contributed by atoms with Gasteiger partial charge in [-0.3, -0.25) is 4.79 Å². The van der Waals surface area contributed by atoms with Gasteiger partial charge < -0.3 is 10.1 Å². The second-order valence-corrected chi connectivity index (χ2v) is 7.06. The van der Waals surface area contributed by atoms with Crippen LogP contribution in [-0.4, -0.2) is 30.0 Å². The standard InChI is InChI=1S/C20H20F3NO3S/c1-3-27-19(26)17(24-13(2)25)12-14-8-10-15(11-9-14)16-6-4-5-7-18(16)28-20(21,22)23/h4-11,17H,3,12H2,1-2H3,(H,24,25). The Hall–Kier alpha value is -2.48. The number of esters is 1. The van der Waals surface area contributed by atoms with Gasteiger partial charge in [-0.2, -0.15) is 13.2 Å². The molecule has 1 N–H and O–H groups in total. The largest absolute Gasteiger partial charge is 0.464 e. The van der Waals surface area contributed by atoms with E-state index in [4.69, 9.17) is 4.74 Å². The first kappa shape index (κ1) is 21.8. The Kier molecular flexibility index (Phi) is 7.51. The van der Waals surface area contributed by atoms with Crippen LogP contribution < -0.4 is 5.32 Å². The Morgan fingerprint density at radius 1 is 1.11 bits per heavy atom. The number of benzene rings is 2. The van der Waals surface area contributed by atoms with Crippen molar-refractivity contribution >= 4 is 23.6 Å². The minimum Gasteiger partial charge on any atom is -0.464 e. The number of hydrogen-bond donors (Lipinski definition) is 1. The first-order chi connectivity index (χ1) is 13.2. The van der Waals surface area contributed by atoms with Crippen LogP contribution in [0.1, 0.15) is 19.4 Å². The molecular formula is C20H20F3NO3S. The van der Waals surface area contributed by atoms with E-state index in [1.165, 1.54) is 13.0 Å². The number of nitrogens with one attached hydrogen (secondary N) is 1. The third kappa shape index (κ3) is 6.60. The van der Waals surface area contributed by atoms with Crippen LogP contribution in [-0.2, 0) is 20.7 Å². The summed E-state index contributed by atoms with van der Waals surface area (Å²) in [4.78, 5) is 23.4. The van der Waals surface area contributed by atoms with E-state index in [1.54, 1.807) is 49.4 Å².